The van der Waals surface area contributed by atoms with E-state index < -0.39 is 0 Å². The van der Waals surface area contributed by atoms with Gasteiger partial charge in [0.05, 0.1) is 0 Å². The van der Waals surface area contributed by atoms with Crippen molar-refractivity contribution in [3.63, 3.8) is 0 Å². The maximum Gasteiger partial charge on any atom is 0.0407 e. The summed E-state index contributed by atoms with van der Waals surface area (Å²) in [6.45, 7) is 4.66. The lowest BCUT2D eigenvalue weighted by Gasteiger charge is -2.24. The molecule has 0 saturated heterocycles. The lowest BCUT2D eigenvalue weighted by molar-refractivity contribution is 0.440. The number of nitrogens with two attached hydrogens (primary N) is 1. The van der Waals surface area contributed by atoms with Gasteiger partial charge in [-0.1, -0.05) is 24.3 Å². The van der Waals surface area contributed by atoms with Crippen LogP contribution in [0.1, 0.15) is 31.4 Å². The second kappa shape index (κ2) is 5.23. The molecule has 0 fully saturated rings. The number of hydrogen-bond donors (Lipinski definition) is 3. The van der Waals surface area contributed by atoms with Crippen molar-refractivity contribution < 1.29 is 0 Å². The highest BCUT2D eigenvalue weighted by molar-refractivity contribution is 6.00. The SMILES string of the molecule is CNC(C)(C)CC(=N)c1ccccc1CN. The first-order valence-corrected chi connectivity index (χ1v) is 5.55. The molecule has 0 radical (unpaired) electrons. The summed E-state index contributed by atoms with van der Waals surface area (Å²) >= 11 is 0. The van der Waals surface area contributed by atoms with Crippen LogP contribution in [0.2, 0.25) is 0 Å². The Bertz CT molecular complexity index is 369. The lowest BCUT2D eigenvalue weighted by atomic mass is 9.91. The van der Waals surface area contributed by atoms with E-state index >= 15 is 0 Å². The average molecular weight is 219 g/mol. The highest BCUT2D eigenvalue weighted by atomic mass is 14.9. The Morgan fingerprint density at radius 3 is 2.56 bits per heavy atom. The Morgan fingerprint density at radius 2 is 2.00 bits per heavy atom. The van der Waals surface area contributed by atoms with E-state index in [0.29, 0.717) is 18.7 Å². The van der Waals surface area contributed by atoms with Crippen LogP contribution in [0, 0.1) is 5.41 Å². The van der Waals surface area contributed by atoms with E-state index in [1.165, 1.54) is 0 Å². The molecule has 0 heterocycles. The molecule has 4 N–H and O–H groups in total. The minimum absolute atomic E-state index is 0.0568. The Morgan fingerprint density at radius 1 is 1.38 bits per heavy atom. The maximum absolute atomic E-state index is 8.14. The number of hydrogen-bond acceptors (Lipinski definition) is 3. The number of nitrogens with one attached hydrogen (secondary N) is 2. The molecule has 88 valence electrons. The molecular formula is C13H21N3. The Hall–Kier alpha value is -1.19. The van der Waals surface area contributed by atoms with Gasteiger partial charge in [0.2, 0.25) is 0 Å². The molecule has 1 aromatic carbocycles. The average Bonchev–Trinajstić information content (AvgIpc) is 2.28. The zero-order chi connectivity index (χ0) is 12.2. The van der Waals surface area contributed by atoms with Crippen molar-refractivity contribution in [2.45, 2.75) is 32.4 Å². The quantitative estimate of drug-likeness (QED) is 0.662. The highest BCUT2D eigenvalue weighted by Gasteiger charge is 2.19. The number of benzene rings is 1. The van der Waals surface area contributed by atoms with E-state index in [9.17, 15) is 0 Å². The van der Waals surface area contributed by atoms with Gasteiger partial charge >= 0.3 is 0 Å². The molecule has 1 aromatic rings. The van der Waals surface area contributed by atoms with Crippen LogP contribution in [-0.2, 0) is 6.54 Å². The molecule has 3 heteroatoms. The van der Waals surface area contributed by atoms with Gasteiger partial charge in [-0.05, 0) is 32.0 Å². The van der Waals surface area contributed by atoms with E-state index in [1.807, 2.05) is 31.3 Å². The summed E-state index contributed by atoms with van der Waals surface area (Å²) < 4.78 is 0. The highest BCUT2D eigenvalue weighted by Crippen LogP contribution is 2.16. The molecule has 0 aliphatic rings. The van der Waals surface area contributed by atoms with Crippen molar-refractivity contribution in [2.24, 2.45) is 5.73 Å². The van der Waals surface area contributed by atoms with E-state index in [-0.39, 0.29) is 5.54 Å². The lowest BCUT2D eigenvalue weighted by Crippen LogP contribution is -2.38. The van der Waals surface area contributed by atoms with Crippen molar-refractivity contribution in [1.29, 1.82) is 5.41 Å². The van der Waals surface area contributed by atoms with Crippen molar-refractivity contribution in [1.82, 2.24) is 5.32 Å². The summed E-state index contributed by atoms with van der Waals surface area (Å²) in [6.07, 6.45) is 0.695. The monoisotopic (exact) mass is 219 g/mol. The molecule has 0 atom stereocenters. The number of rotatable bonds is 5. The van der Waals surface area contributed by atoms with Crippen LogP contribution in [0.5, 0.6) is 0 Å². The normalized spacial score (nSPS) is 11.5. The summed E-state index contributed by atoms with van der Waals surface area (Å²) in [7, 11) is 1.92. The van der Waals surface area contributed by atoms with Crippen LogP contribution < -0.4 is 11.1 Å². The minimum atomic E-state index is -0.0568. The molecule has 3 nitrogen and oxygen atoms in total. The third kappa shape index (κ3) is 3.15. The van der Waals surface area contributed by atoms with Crippen molar-refractivity contribution in [2.75, 3.05) is 7.05 Å². The van der Waals surface area contributed by atoms with Gasteiger partial charge in [-0.15, -0.1) is 0 Å². The second-order valence-corrected chi connectivity index (χ2v) is 4.65. The fourth-order valence-corrected chi connectivity index (χ4v) is 1.62. The van der Waals surface area contributed by atoms with Crippen LogP contribution >= 0.6 is 0 Å². The smallest absolute Gasteiger partial charge is 0.0407 e. The molecule has 0 aromatic heterocycles. The molecule has 0 saturated carbocycles. The van der Waals surface area contributed by atoms with Crippen LogP contribution in [0.15, 0.2) is 24.3 Å². The van der Waals surface area contributed by atoms with Gasteiger partial charge in [-0.2, -0.15) is 0 Å². The first-order valence-electron chi connectivity index (χ1n) is 5.55. The first-order chi connectivity index (χ1) is 7.50. The summed E-state index contributed by atoms with van der Waals surface area (Å²) in [5.41, 5.74) is 8.26. The summed E-state index contributed by atoms with van der Waals surface area (Å²) in [5.74, 6) is 0. The fourth-order valence-electron chi connectivity index (χ4n) is 1.62. The molecule has 0 aliphatic heterocycles. The predicted octanol–water partition coefficient (Wildman–Crippen LogP) is 1.90. The third-order valence-corrected chi connectivity index (χ3v) is 2.86. The van der Waals surface area contributed by atoms with E-state index in [1.54, 1.807) is 0 Å². The predicted molar refractivity (Wildman–Crippen MR) is 68.9 cm³/mol. The topological polar surface area (TPSA) is 61.9 Å². The van der Waals surface area contributed by atoms with E-state index in [0.717, 1.165) is 11.1 Å². The van der Waals surface area contributed by atoms with Gasteiger partial charge in [0.15, 0.2) is 0 Å². The zero-order valence-electron chi connectivity index (χ0n) is 10.3. The molecule has 0 unspecified atom stereocenters. The standard InChI is InChI=1S/C13H21N3/c1-13(2,16-3)8-12(15)11-7-5-4-6-10(11)9-14/h4-7,15-16H,8-9,14H2,1-3H3. The second-order valence-electron chi connectivity index (χ2n) is 4.65. The van der Waals surface area contributed by atoms with Crippen molar-refractivity contribution in [3.05, 3.63) is 35.4 Å². The Kier molecular flexibility index (Phi) is 4.21. The van der Waals surface area contributed by atoms with Crippen LogP contribution in [0.25, 0.3) is 0 Å². The Labute approximate surface area is 97.6 Å². The summed E-state index contributed by atoms with van der Waals surface area (Å²) in [4.78, 5) is 0. The van der Waals surface area contributed by atoms with E-state index in [4.69, 9.17) is 11.1 Å². The maximum atomic E-state index is 8.14. The molecule has 16 heavy (non-hydrogen) atoms. The Balaban J connectivity index is 2.88. The van der Waals surface area contributed by atoms with E-state index in [2.05, 4.69) is 19.2 Å². The van der Waals surface area contributed by atoms with Gasteiger partial charge in [0.1, 0.15) is 0 Å². The first kappa shape index (κ1) is 12.9. The molecule has 0 spiro atoms. The molecule has 0 amide bonds. The van der Waals surface area contributed by atoms with Crippen LogP contribution in [-0.4, -0.2) is 18.3 Å². The van der Waals surface area contributed by atoms with Crippen LogP contribution in [0.3, 0.4) is 0 Å². The third-order valence-electron chi connectivity index (χ3n) is 2.86. The molecule has 0 aliphatic carbocycles. The van der Waals surface area contributed by atoms with Gasteiger partial charge in [-0.3, -0.25) is 0 Å². The molecular weight excluding hydrogens is 198 g/mol. The minimum Gasteiger partial charge on any atom is -0.326 e. The summed E-state index contributed by atoms with van der Waals surface area (Å²) in [6, 6.07) is 7.87. The molecule has 0 bridgehead atoms. The van der Waals surface area contributed by atoms with Gasteiger partial charge in [0.25, 0.3) is 0 Å². The fraction of sp³-hybridized carbons (Fsp3) is 0.462. The van der Waals surface area contributed by atoms with Gasteiger partial charge in [0, 0.05) is 24.2 Å². The largest absolute Gasteiger partial charge is 0.326 e. The van der Waals surface area contributed by atoms with Crippen molar-refractivity contribution in [3.8, 4) is 0 Å². The molecule has 1 rings (SSSR count). The van der Waals surface area contributed by atoms with Crippen LogP contribution in [0.4, 0.5) is 0 Å². The zero-order valence-corrected chi connectivity index (χ0v) is 10.3. The van der Waals surface area contributed by atoms with Crippen molar-refractivity contribution >= 4 is 5.71 Å². The van der Waals surface area contributed by atoms with Gasteiger partial charge in [-0.25, -0.2) is 0 Å². The van der Waals surface area contributed by atoms with Gasteiger partial charge < -0.3 is 16.5 Å². The summed E-state index contributed by atoms with van der Waals surface area (Å²) in [5, 5.41) is 11.3.